The lowest BCUT2D eigenvalue weighted by atomic mass is 10.0. The molecule has 1 heterocycles. The summed E-state index contributed by atoms with van der Waals surface area (Å²) in [7, 11) is 0. The molecule has 1 aromatic rings. The van der Waals surface area contributed by atoms with E-state index >= 15 is 0 Å². The van der Waals surface area contributed by atoms with Crippen molar-refractivity contribution in [2.24, 2.45) is 5.73 Å². The highest BCUT2D eigenvalue weighted by molar-refractivity contribution is 5.22. The summed E-state index contributed by atoms with van der Waals surface area (Å²) in [5.41, 5.74) is 6.63. The first kappa shape index (κ1) is 13.4. The van der Waals surface area contributed by atoms with Crippen molar-refractivity contribution in [1.29, 1.82) is 0 Å². The monoisotopic (exact) mass is 256 g/mol. The highest BCUT2D eigenvalue weighted by Crippen LogP contribution is 2.21. The fourth-order valence-electron chi connectivity index (χ4n) is 2.17. The van der Waals surface area contributed by atoms with Crippen LogP contribution in [0.3, 0.4) is 0 Å². The van der Waals surface area contributed by atoms with Gasteiger partial charge in [0.15, 0.2) is 11.6 Å². The van der Waals surface area contributed by atoms with Gasteiger partial charge in [-0.15, -0.1) is 0 Å². The zero-order valence-corrected chi connectivity index (χ0v) is 10.4. The molecule has 1 aliphatic rings. The molecule has 0 radical (unpaired) electrons. The van der Waals surface area contributed by atoms with Crippen LogP contribution < -0.4 is 5.73 Å². The van der Waals surface area contributed by atoms with E-state index in [-0.39, 0.29) is 6.10 Å². The van der Waals surface area contributed by atoms with Crippen LogP contribution in [0.2, 0.25) is 0 Å². The summed E-state index contributed by atoms with van der Waals surface area (Å²) in [6.07, 6.45) is -0.177. The van der Waals surface area contributed by atoms with Crippen molar-refractivity contribution in [3.8, 4) is 0 Å². The minimum absolute atomic E-state index is 0.177. The van der Waals surface area contributed by atoms with Crippen LogP contribution in [0.15, 0.2) is 18.2 Å². The molecule has 2 rings (SSSR count). The molecule has 18 heavy (non-hydrogen) atoms. The van der Waals surface area contributed by atoms with Crippen LogP contribution in [0.4, 0.5) is 8.78 Å². The number of likely N-dealkylation sites (N-methyl/N-ethyl adjacent to an activating group) is 1. The molecule has 1 fully saturated rings. The number of ether oxygens (including phenoxy) is 1. The molecule has 0 spiro atoms. The number of benzene rings is 1. The van der Waals surface area contributed by atoms with Gasteiger partial charge in [0.25, 0.3) is 0 Å². The van der Waals surface area contributed by atoms with Gasteiger partial charge in [-0.1, -0.05) is 13.0 Å². The van der Waals surface area contributed by atoms with Crippen LogP contribution in [0.25, 0.3) is 0 Å². The number of rotatable bonds is 3. The first-order valence-corrected chi connectivity index (χ1v) is 6.16. The molecule has 1 saturated heterocycles. The van der Waals surface area contributed by atoms with E-state index in [1.165, 1.54) is 6.07 Å². The van der Waals surface area contributed by atoms with Gasteiger partial charge in [-0.3, -0.25) is 4.90 Å². The zero-order chi connectivity index (χ0) is 13.1. The molecule has 3 nitrogen and oxygen atoms in total. The van der Waals surface area contributed by atoms with Crippen molar-refractivity contribution >= 4 is 0 Å². The van der Waals surface area contributed by atoms with Crippen molar-refractivity contribution in [3.05, 3.63) is 35.4 Å². The Morgan fingerprint density at radius 2 is 2.22 bits per heavy atom. The van der Waals surface area contributed by atoms with Gasteiger partial charge in [0.2, 0.25) is 0 Å². The molecule has 5 heteroatoms. The van der Waals surface area contributed by atoms with E-state index in [0.717, 1.165) is 31.8 Å². The Labute approximate surface area is 106 Å². The maximum Gasteiger partial charge on any atom is 0.159 e. The fourth-order valence-corrected chi connectivity index (χ4v) is 2.17. The Morgan fingerprint density at radius 1 is 1.44 bits per heavy atom. The maximum absolute atomic E-state index is 13.2. The average Bonchev–Trinajstić information content (AvgIpc) is 2.41. The summed E-state index contributed by atoms with van der Waals surface area (Å²) < 4.78 is 31.6. The molecule has 2 atom stereocenters. The number of nitrogens with two attached hydrogens (primary N) is 1. The number of nitrogens with zero attached hydrogens (tertiary/aromatic N) is 1. The van der Waals surface area contributed by atoms with Gasteiger partial charge in [0.1, 0.15) is 0 Å². The van der Waals surface area contributed by atoms with Crippen LogP contribution in [0, 0.1) is 11.6 Å². The van der Waals surface area contributed by atoms with Crippen molar-refractivity contribution in [2.75, 3.05) is 26.2 Å². The highest BCUT2D eigenvalue weighted by atomic mass is 19.2. The van der Waals surface area contributed by atoms with Gasteiger partial charge < -0.3 is 10.5 Å². The summed E-state index contributed by atoms with van der Waals surface area (Å²) in [6.45, 7) is 5.24. The first-order valence-electron chi connectivity index (χ1n) is 6.16. The Hall–Kier alpha value is -1.04. The second-order valence-electron chi connectivity index (χ2n) is 4.50. The summed E-state index contributed by atoms with van der Waals surface area (Å²) >= 11 is 0. The molecule has 2 unspecified atom stereocenters. The topological polar surface area (TPSA) is 38.5 Å². The van der Waals surface area contributed by atoms with Crippen molar-refractivity contribution in [1.82, 2.24) is 4.90 Å². The van der Waals surface area contributed by atoms with Gasteiger partial charge in [-0.2, -0.15) is 0 Å². The highest BCUT2D eigenvalue weighted by Gasteiger charge is 2.26. The summed E-state index contributed by atoms with van der Waals surface area (Å²) in [4.78, 5) is 2.23. The number of morpholine rings is 1. The molecular weight excluding hydrogens is 238 g/mol. The van der Waals surface area contributed by atoms with Gasteiger partial charge in [0, 0.05) is 13.1 Å². The zero-order valence-electron chi connectivity index (χ0n) is 10.4. The Kier molecular flexibility index (Phi) is 4.27. The van der Waals surface area contributed by atoms with E-state index in [9.17, 15) is 8.78 Å². The van der Waals surface area contributed by atoms with E-state index in [1.54, 1.807) is 0 Å². The molecule has 1 aliphatic heterocycles. The third-order valence-electron chi connectivity index (χ3n) is 3.35. The van der Waals surface area contributed by atoms with Crippen LogP contribution in [0.5, 0.6) is 0 Å². The molecule has 100 valence electrons. The van der Waals surface area contributed by atoms with E-state index in [2.05, 4.69) is 11.8 Å². The van der Waals surface area contributed by atoms with E-state index in [1.807, 2.05) is 0 Å². The minimum atomic E-state index is -0.869. The third-order valence-corrected chi connectivity index (χ3v) is 3.35. The van der Waals surface area contributed by atoms with Gasteiger partial charge in [-0.25, -0.2) is 8.78 Å². The predicted octanol–water partition coefficient (Wildman–Crippen LogP) is 1.69. The van der Waals surface area contributed by atoms with Crippen LogP contribution in [0.1, 0.15) is 18.5 Å². The molecule has 0 aliphatic carbocycles. The SMILES string of the molecule is CCN1CCOC(C(N)c2ccc(F)c(F)c2)C1. The maximum atomic E-state index is 13.2. The predicted molar refractivity (Wildman–Crippen MR) is 65.1 cm³/mol. The summed E-state index contributed by atoms with van der Waals surface area (Å²) in [5, 5.41) is 0. The lowest BCUT2D eigenvalue weighted by molar-refractivity contribution is -0.0393. The number of hydrogen-bond donors (Lipinski definition) is 1. The molecule has 1 aromatic carbocycles. The molecule has 0 bridgehead atoms. The quantitative estimate of drug-likeness (QED) is 0.894. The standard InChI is InChI=1S/C13H18F2N2O/c1-2-17-5-6-18-12(8-17)13(16)9-3-4-10(14)11(15)7-9/h3-4,7,12-13H,2,5-6,8,16H2,1H3. The number of hydrogen-bond acceptors (Lipinski definition) is 3. The van der Waals surface area contributed by atoms with E-state index in [0.29, 0.717) is 12.2 Å². The molecule has 2 N–H and O–H groups in total. The minimum Gasteiger partial charge on any atom is -0.374 e. The Morgan fingerprint density at radius 3 is 2.89 bits per heavy atom. The molecular formula is C13H18F2N2O. The average molecular weight is 256 g/mol. The Bertz CT molecular complexity index is 414. The normalized spacial score (nSPS) is 23.0. The second-order valence-corrected chi connectivity index (χ2v) is 4.50. The van der Waals surface area contributed by atoms with Crippen LogP contribution in [-0.4, -0.2) is 37.2 Å². The Balaban J connectivity index is 2.10. The van der Waals surface area contributed by atoms with Gasteiger partial charge >= 0.3 is 0 Å². The number of halogens is 2. The van der Waals surface area contributed by atoms with Crippen LogP contribution in [-0.2, 0) is 4.74 Å². The molecule has 0 amide bonds. The fraction of sp³-hybridized carbons (Fsp3) is 0.538. The molecule has 0 aromatic heterocycles. The van der Waals surface area contributed by atoms with E-state index in [4.69, 9.17) is 10.5 Å². The first-order chi connectivity index (χ1) is 8.61. The third kappa shape index (κ3) is 2.85. The van der Waals surface area contributed by atoms with Crippen molar-refractivity contribution in [2.45, 2.75) is 19.1 Å². The van der Waals surface area contributed by atoms with Gasteiger partial charge in [0.05, 0.1) is 18.8 Å². The second kappa shape index (κ2) is 5.73. The van der Waals surface area contributed by atoms with Crippen LogP contribution >= 0.6 is 0 Å². The summed E-state index contributed by atoms with van der Waals surface area (Å²) in [5.74, 6) is -1.73. The lowest BCUT2D eigenvalue weighted by Gasteiger charge is -2.35. The largest absolute Gasteiger partial charge is 0.374 e. The lowest BCUT2D eigenvalue weighted by Crippen LogP contribution is -2.46. The molecule has 0 saturated carbocycles. The van der Waals surface area contributed by atoms with Gasteiger partial charge in [-0.05, 0) is 24.2 Å². The summed E-state index contributed by atoms with van der Waals surface area (Å²) in [6, 6.07) is 3.32. The van der Waals surface area contributed by atoms with E-state index < -0.39 is 17.7 Å². The smallest absolute Gasteiger partial charge is 0.159 e. The van der Waals surface area contributed by atoms with Crippen molar-refractivity contribution < 1.29 is 13.5 Å². The van der Waals surface area contributed by atoms with Crippen molar-refractivity contribution in [3.63, 3.8) is 0 Å².